The number of rotatable bonds is 5. The van der Waals surface area contributed by atoms with Crippen LogP contribution in [0.1, 0.15) is 6.92 Å². The lowest BCUT2D eigenvalue weighted by Gasteiger charge is -2.21. The molecule has 0 saturated carbocycles. The number of aromatic nitrogens is 2. The van der Waals surface area contributed by atoms with Gasteiger partial charge in [0, 0.05) is 20.6 Å². The predicted molar refractivity (Wildman–Crippen MR) is 70.2 cm³/mol. The van der Waals surface area contributed by atoms with Gasteiger partial charge < -0.3 is 10.2 Å². The molecule has 0 spiro atoms. The Kier molecular flexibility index (Phi) is 4.99. The zero-order valence-electron chi connectivity index (χ0n) is 10.8. The van der Waals surface area contributed by atoms with Crippen molar-refractivity contribution in [2.45, 2.75) is 6.92 Å². The maximum Gasteiger partial charge on any atom is 0.329 e. The number of hydrogen-bond donors (Lipinski definition) is 1. The number of nitro groups is 1. The van der Waals surface area contributed by atoms with Gasteiger partial charge in [0.05, 0.1) is 10.8 Å². The minimum Gasteiger partial charge on any atom is -0.359 e. The highest BCUT2D eigenvalue weighted by Crippen LogP contribution is 2.25. The molecule has 19 heavy (non-hydrogen) atoms. The third kappa shape index (κ3) is 3.75. The molecule has 1 N–H and O–H groups in total. The summed E-state index contributed by atoms with van der Waals surface area (Å²) in [4.78, 5) is 30.7. The number of carbonyl (C=O) groups excluding carboxylic acids is 1. The molecule has 9 heteroatoms. The summed E-state index contributed by atoms with van der Waals surface area (Å²) in [5, 5.41) is 13.3. The first-order valence-electron chi connectivity index (χ1n) is 5.46. The summed E-state index contributed by atoms with van der Waals surface area (Å²) in [5.74, 6) is -0.418. The first kappa shape index (κ1) is 15.1. The second-order valence-electron chi connectivity index (χ2n) is 4.00. The van der Waals surface area contributed by atoms with E-state index in [1.165, 1.54) is 11.9 Å². The molecule has 1 heterocycles. The SMILES string of the molecule is CNC(=O)C(C)CN(C)c1nc(Cl)ncc1[N+](=O)[O-]. The molecular weight excluding hydrogens is 274 g/mol. The Morgan fingerprint density at radius 1 is 1.68 bits per heavy atom. The van der Waals surface area contributed by atoms with Crippen molar-refractivity contribution in [3.63, 3.8) is 0 Å². The van der Waals surface area contributed by atoms with E-state index in [4.69, 9.17) is 11.6 Å². The molecule has 0 aliphatic heterocycles. The minimum absolute atomic E-state index is 0.0833. The van der Waals surface area contributed by atoms with Crippen LogP contribution in [0.15, 0.2) is 6.20 Å². The van der Waals surface area contributed by atoms with E-state index in [-0.39, 0.29) is 35.2 Å². The second kappa shape index (κ2) is 6.28. The van der Waals surface area contributed by atoms with Crippen LogP contribution in [0.25, 0.3) is 0 Å². The van der Waals surface area contributed by atoms with Crippen molar-refractivity contribution in [1.29, 1.82) is 0 Å². The molecule has 0 radical (unpaired) electrons. The van der Waals surface area contributed by atoms with Gasteiger partial charge in [-0.05, 0) is 11.6 Å². The zero-order valence-corrected chi connectivity index (χ0v) is 11.5. The number of hydrogen-bond acceptors (Lipinski definition) is 6. The summed E-state index contributed by atoms with van der Waals surface area (Å²) in [6.07, 6.45) is 1.05. The van der Waals surface area contributed by atoms with Crippen LogP contribution in [-0.2, 0) is 4.79 Å². The Labute approximate surface area is 114 Å². The third-order valence-corrected chi connectivity index (χ3v) is 2.70. The highest BCUT2D eigenvalue weighted by atomic mass is 35.5. The summed E-state index contributed by atoms with van der Waals surface area (Å²) in [6.45, 7) is 1.98. The molecule has 1 rings (SSSR count). The van der Waals surface area contributed by atoms with Crippen molar-refractivity contribution in [2.75, 3.05) is 25.5 Å². The van der Waals surface area contributed by atoms with Crippen molar-refractivity contribution in [1.82, 2.24) is 15.3 Å². The molecule has 104 valence electrons. The van der Waals surface area contributed by atoms with Crippen LogP contribution in [-0.4, -0.2) is 41.4 Å². The highest BCUT2D eigenvalue weighted by Gasteiger charge is 2.23. The van der Waals surface area contributed by atoms with Gasteiger partial charge >= 0.3 is 5.69 Å². The number of halogens is 1. The average Bonchev–Trinajstić information content (AvgIpc) is 2.36. The maximum absolute atomic E-state index is 11.4. The number of nitrogens with zero attached hydrogens (tertiary/aromatic N) is 4. The first-order chi connectivity index (χ1) is 8.86. The van der Waals surface area contributed by atoms with E-state index in [1.807, 2.05) is 0 Å². The van der Waals surface area contributed by atoms with Crippen molar-refractivity contribution in [2.24, 2.45) is 5.92 Å². The summed E-state index contributed by atoms with van der Waals surface area (Å²) >= 11 is 5.64. The molecule has 1 aromatic heterocycles. The van der Waals surface area contributed by atoms with Crippen LogP contribution in [0, 0.1) is 16.0 Å². The van der Waals surface area contributed by atoms with Crippen molar-refractivity contribution in [3.8, 4) is 0 Å². The monoisotopic (exact) mass is 287 g/mol. The van der Waals surface area contributed by atoms with Crippen LogP contribution >= 0.6 is 11.6 Å². The van der Waals surface area contributed by atoms with Gasteiger partial charge in [-0.3, -0.25) is 14.9 Å². The van der Waals surface area contributed by atoms with E-state index in [0.717, 1.165) is 6.20 Å². The molecule has 1 amide bonds. The number of amides is 1. The molecule has 0 fully saturated rings. The van der Waals surface area contributed by atoms with Gasteiger partial charge in [0.15, 0.2) is 0 Å². The quantitative estimate of drug-likeness (QED) is 0.489. The summed E-state index contributed by atoms with van der Waals surface area (Å²) in [7, 11) is 3.13. The van der Waals surface area contributed by atoms with E-state index < -0.39 is 4.92 Å². The van der Waals surface area contributed by atoms with E-state index >= 15 is 0 Å². The largest absolute Gasteiger partial charge is 0.359 e. The van der Waals surface area contributed by atoms with Crippen molar-refractivity contribution in [3.05, 3.63) is 21.6 Å². The molecule has 0 aliphatic rings. The minimum atomic E-state index is -0.591. The van der Waals surface area contributed by atoms with E-state index in [0.29, 0.717) is 0 Å². The number of anilines is 1. The number of nitrogens with one attached hydrogen (secondary N) is 1. The van der Waals surface area contributed by atoms with Gasteiger partial charge in [-0.15, -0.1) is 0 Å². The van der Waals surface area contributed by atoms with Gasteiger partial charge in [-0.25, -0.2) is 4.98 Å². The standard InChI is InChI=1S/C10H14ClN5O3/c1-6(9(17)12-2)5-15(3)8-7(16(18)19)4-13-10(11)14-8/h4,6H,5H2,1-3H3,(H,12,17). The maximum atomic E-state index is 11.4. The summed E-state index contributed by atoms with van der Waals surface area (Å²) in [6, 6.07) is 0. The van der Waals surface area contributed by atoms with Gasteiger partial charge in [-0.1, -0.05) is 6.92 Å². The average molecular weight is 288 g/mol. The van der Waals surface area contributed by atoms with Crippen LogP contribution in [0.5, 0.6) is 0 Å². The van der Waals surface area contributed by atoms with Crippen LogP contribution in [0.2, 0.25) is 5.28 Å². The van der Waals surface area contributed by atoms with E-state index in [2.05, 4.69) is 15.3 Å². The van der Waals surface area contributed by atoms with Crippen molar-refractivity contribution < 1.29 is 9.72 Å². The molecule has 0 aromatic carbocycles. The van der Waals surface area contributed by atoms with Crippen molar-refractivity contribution >= 4 is 29.0 Å². The molecule has 1 aromatic rings. The van der Waals surface area contributed by atoms with Crippen LogP contribution < -0.4 is 10.2 Å². The smallest absolute Gasteiger partial charge is 0.329 e. The lowest BCUT2D eigenvalue weighted by atomic mass is 10.1. The van der Waals surface area contributed by atoms with Gasteiger partial charge in [0.2, 0.25) is 17.0 Å². The van der Waals surface area contributed by atoms with Gasteiger partial charge in [0.25, 0.3) is 0 Å². The first-order valence-corrected chi connectivity index (χ1v) is 5.84. The lowest BCUT2D eigenvalue weighted by Crippen LogP contribution is -2.35. The Hall–Kier alpha value is -1.96. The fraction of sp³-hybridized carbons (Fsp3) is 0.500. The molecule has 1 unspecified atom stereocenters. The molecule has 8 nitrogen and oxygen atoms in total. The Morgan fingerprint density at radius 2 is 2.32 bits per heavy atom. The van der Waals surface area contributed by atoms with E-state index in [9.17, 15) is 14.9 Å². The summed E-state index contributed by atoms with van der Waals surface area (Å²) in [5.41, 5.74) is -0.254. The molecule has 0 bridgehead atoms. The summed E-state index contributed by atoms with van der Waals surface area (Å²) < 4.78 is 0. The van der Waals surface area contributed by atoms with Crippen LogP contribution in [0.4, 0.5) is 11.5 Å². The normalized spacial score (nSPS) is 11.8. The molecular formula is C10H14ClN5O3. The second-order valence-corrected chi connectivity index (χ2v) is 4.34. The topological polar surface area (TPSA) is 101 Å². The van der Waals surface area contributed by atoms with Crippen LogP contribution in [0.3, 0.4) is 0 Å². The highest BCUT2D eigenvalue weighted by molar-refractivity contribution is 6.28. The molecule has 1 atom stereocenters. The van der Waals surface area contributed by atoms with Gasteiger partial charge in [-0.2, -0.15) is 4.98 Å². The Morgan fingerprint density at radius 3 is 2.84 bits per heavy atom. The fourth-order valence-electron chi connectivity index (χ4n) is 1.58. The van der Waals surface area contributed by atoms with E-state index in [1.54, 1.807) is 14.0 Å². The third-order valence-electron chi connectivity index (χ3n) is 2.52. The molecule has 0 aliphatic carbocycles. The predicted octanol–water partition coefficient (Wildman–Crippen LogP) is 0.857. The Bertz CT molecular complexity index is 496. The fourth-order valence-corrected chi connectivity index (χ4v) is 1.71. The van der Waals surface area contributed by atoms with Gasteiger partial charge in [0.1, 0.15) is 6.20 Å². The Balaban J connectivity index is 2.98. The number of carbonyl (C=O) groups is 1. The zero-order chi connectivity index (χ0) is 14.6. The lowest BCUT2D eigenvalue weighted by molar-refractivity contribution is -0.384. The molecule has 0 saturated heterocycles.